The lowest BCUT2D eigenvalue weighted by Crippen LogP contribution is -2.16. The summed E-state index contributed by atoms with van der Waals surface area (Å²) in [6.45, 7) is 1.92. The van der Waals surface area contributed by atoms with Crippen molar-refractivity contribution in [1.82, 2.24) is 15.1 Å². The zero-order valence-electron chi connectivity index (χ0n) is 11.2. The van der Waals surface area contributed by atoms with Crippen LogP contribution in [-0.2, 0) is 13.0 Å². The number of nitrogens with one attached hydrogen (secondary N) is 1. The number of benzene rings is 1. The summed E-state index contributed by atoms with van der Waals surface area (Å²) in [5.74, 6) is 0. The first-order valence-corrected chi connectivity index (χ1v) is 7.62. The zero-order valence-corrected chi connectivity index (χ0v) is 12.0. The highest BCUT2D eigenvalue weighted by Gasteiger charge is 1.98. The standard InChI is InChI=1S/C16H17N3S/c1-3-16(20-12-1)8-10-17-13-14-4-6-15(7-5-14)19-11-2-9-18-19/h1-7,9,11-12,17H,8,10,13H2. The van der Waals surface area contributed by atoms with Gasteiger partial charge in [0.25, 0.3) is 0 Å². The minimum atomic E-state index is 0.908. The molecule has 0 fully saturated rings. The van der Waals surface area contributed by atoms with E-state index in [1.807, 2.05) is 28.3 Å². The van der Waals surface area contributed by atoms with Crippen molar-refractivity contribution in [1.29, 1.82) is 0 Å². The third-order valence-corrected chi connectivity index (χ3v) is 4.10. The molecule has 0 saturated heterocycles. The second-order valence-electron chi connectivity index (χ2n) is 4.62. The fourth-order valence-electron chi connectivity index (χ4n) is 2.09. The van der Waals surface area contributed by atoms with E-state index < -0.39 is 0 Å². The third kappa shape index (κ3) is 3.35. The van der Waals surface area contributed by atoms with Crippen molar-refractivity contribution in [3.05, 3.63) is 70.7 Å². The lowest BCUT2D eigenvalue weighted by atomic mass is 10.2. The van der Waals surface area contributed by atoms with E-state index in [9.17, 15) is 0 Å². The first-order valence-electron chi connectivity index (χ1n) is 6.74. The summed E-state index contributed by atoms with van der Waals surface area (Å²) >= 11 is 1.82. The number of nitrogens with zero attached hydrogens (tertiary/aromatic N) is 2. The summed E-state index contributed by atoms with van der Waals surface area (Å²) in [6.07, 6.45) is 4.84. The Morgan fingerprint density at radius 3 is 2.70 bits per heavy atom. The van der Waals surface area contributed by atoms with Gasteiger partial charge in [-0.25, -0.2) is 4.68 Å². The first-order chi connectivity index (χ1) is 9.92. The van der Waals surface area contributed by atoms with Crippen molar-refractivity contribution >= 4 is 11.3 Å². The molecule has 2 heterocycles. The van der Waals surface area contributed by atoms with Crippen molar-refractivity contribution in [2.45, 2.75) is 13.0 Å². The van der Waals surface area contributed by atoms with Crippen molar-refractivity contribution in [2.24, 2.45) is 0 Å². The molecule has 0 unspecified atom stereocenters. The molecule has 0 aliphatic carbocycles. The molecule has 0 aliphatic rings. The summed E-state index contributed by atoms with van der Waals surface area (Å²) in [6, 6.07) is 14.7. The van der Waals surface area contributed by atoms with Gasteiger partial charge in [0, 0.05) is 30.4 Å². The molecule has 4 heteroatoms. The van der Waals surface area contributed by atoms with Gasteiger partial charge in [-0.15, -0.1) is 11.3 Å². The zero-order chi connectivity index (χ0) is 13.6. The Morgan fingerprint density at radius 2 is 2.00 bits per heavy atom. The van der Waals surface area contributed by atoms with Gasteiger partial charge in [-0.05, 0) is 41.6 Å². The first kappa shape index (κ1) is 13.1. The molecule has 0 bridgehead atoms. The minimum Gasteiger partial charge on any atom is -0.312 e. The van der Waals surface area contributed by atoms with Crippen LogP contribution in [0.3, 0.4) is 0 Å². The lowest BCUT2D eigenvalue weighted by Gasteiger charge is -2.06. The van der Waals surface area contributed by atoms with Crippen LogP contribution in [0.4, 0.5) is 0 Å². The number of rotatable bonds is 6. The average Bonchev–Trinajstić information content (AvgIpc) is 3.17. The summed E-state index contributed by atoms with van der Waals surface area (Å²) in [7, 11) is 0. The molecular formula is C16H17N3S. The van der Waals surface area contributed by atoms with Crippen LogP contribution < -0.4 is 5.32 Å². The highest BCUT2D eigenvalue weighted by molar-refractivity contribution is 7.09. The average molecular weight is 283 g/mol. The van der Waals surface area contributed by atoms with Crippen LogP contribution in [-0.4, -0.2) is 16.3 Å². The Balaban J connectivity index is 1.48. The van der Waals surface area contributed by atoms with Crippen LogP contribution in [0.2, 0.25) is 0 Å². The molecule has 102 valence electrons. The molecule has 0 aliphatic heterocycles. The highest BCUT2D eigenvalue weighted by atomic mass is 32.1. The molecule has 1 N–H and O–H groups in total. The Labute approximate surface area is 122 Å². The number of hydrogen-bond acceptors (Lipinski definition) is 3. The fraction of sp³-hybridized carbons (Fsp3) is 0.188. The van der Waals surface area contributed by atoms with Gasteiger partial charge in [-0.3, -0.25) is 0 Å². The van der Waals surface area contributed by atoms with Gasteiger partial charge in [0.1, 0.15) is 0 Å². The Kier molecular flexibility index (Phi) is 4.25. The van der Waals surface area contributed by atoms with E-state index in [4.69, 9.17) is 0 Å². The van der Waals surface area contributed by atoms with Crippen molar-refractivity contribution < 1.29 is 0 Å². The molecule has 0 atom stereocenters. The normalized spacial score (nSPS) is 10.8. The van der Waals surface area contributed by atoms with Crippen LogP contribution >= 0.6 is 11.3 Å². The predicted molar refractivity (Wildman–Crippen MR) is 83.3 cm³/mol. The SMILES string of the molecule is c1csc(CCNCc2ccc(-n3cccn3)cc2)c1. The quantitative estimate of drug-likeness (QED) is 0.704. The minimum absolute atomic E-state index is 0.908. The van der Waals surface area contributed by atoms with Crippen LogP contribution in [0.1, 0.15) is 10.4 Å². The van der Waals surface area contributed by atoms with Gasteiger partial charge < -0.3 is 5.32 Å². The number of aromatic nitrogens is 2. The monoisotopic (exact) mass is 283 g/mol. The van der Waals surface area contributed by atoms with E-state index in [1.165, 1.54) is 10.4 Å². The molecule has 3 rings (SSSR count). The summed E-state index contributed by atoms with van der Waals surface area (Å²) in [5.41, 5.74) is 2.39. The highest BCUT2D eigenvalue weighted by Crippen LogP contribution is 2.10. The molecule has 0 saturated carbocycles. The van der Waals surface area contributed by atoms with Crippen LogP contribution in [0.15, 0.2) is 60.2 Å². The second-order valence-corrected chi connectivity index (χ2v) is 5.66. The van der Waals surface area contributed by atoms with E-state index in [0.717, 1.165) is 25.2 Å². The Hall–Kier alpha value is -1.91. The molecule has 0 amide bonds. The Morgan fingerprint density at radius 1 is 1.10 bits per heavy atom. The molecular weight excluding hydrogens is 266 g/mol. The van der Waals surface area contributed by atoms with Gasteiger partial charge in [0.2, 0.25) is 0 Å². The second kappa shape index (κ2) is 6.50. The van der Waals surface area contributed by atoms with Crippen LogP contribution in [0.5, 0.6) is 0 Å². The van der Waals surface area contributed by atoms with E-state index in [0.29, 0.717) is 0 Å². The predicted octanol–water partition coefficient (Wildman–Crippen LogP) is 3.27. The molecule has 20 heavy (non-hydrogen) atoms. The summed E-state index contributed by atoms with van der Waals surface area (Å²) < 4.78 is 1.87. The van der Waals surface area contributed by atoms with Crippen molar-refractivity contribution in [3.8, 4) is 5.69 Å². The molecule has 3 nitrogen and oxygen atoms in total. The molecule has 0 spiro atoms. The van der Waals surface area contributed by atoms with E-state index in [-0.39, 0.29) is 0 Å². The number of hydrogen-bond donors (Lipinski definition) is 1. The lowest BCUT2D eigenvalue weighted by molar-refractivity contribution is 0.690. The van der Waals surface area contributed by atoms with Gasteiger partial charge >= 0.3 is 0 Å². The van der Waals surface area contributed by atoms with Gasteiger partial charge in [0.05, 0.1) is 5.69 Å². The summed E-state index contributed by atoms with van der Waals surface area (Å²) in [4.78, 5) is 1.44. The number of thiophene rings is 1. The van der Waals surface area contributed by atoms with Crippen molar-refractivity contribution in [3.63, 3.8) is 0 Å². The van der Waals surface area contributed by atoms with Crippen LogP contribution in [0, 0.1) is 0 Å². The van der Waals surface area contributed by atoms with Gasteiger partial charge in [-0.1, -0.05) is 18.2 Å². The topological polar surface area (TPSA) is 29.9 Å². The maximum atomic E-state index is 4.22. The van der Waals surface area contributed by atoms with Gasteiger partial charge in [-0.2, -0.15) is 5.10 Å². The molecule has 1 aromatic carbocycles. The smallest absolute Gasteiger partial charge is 0.0645 e. The molecule has 0 radical (unpaired) electrons. The van der Waals surface area contributed by atoms with E-state index in [1.54, 1.807) is 6.20 Å². The van der Waals surface area contributed by atoms with Crippen LogP contribution in [0.25, 0.3) is 5.69 Å². The van der Waals surface area contributed by atoms with E-state index in [2.05, 4.69) is 52.2 Å². The maximum absolute atomic E-state index is 4.22. The summed E-state index contributed by atoms with van der Waals surface area (Å²) in [5, 5.41) is 9.83. The third-order valence-electron chi connectivity index (χ3n) is 3.16. The molecule has 2 aromatic heterocycles. The van der Waals surface area contributed by atoms with Gasteiger partial charge in [0.15, 0.2) is 0 Å². The van der Waals surface area contributed by atoms with E-state index >= 15 is 0 Å². The Bertz CT molecular complexity index is 612. The largest absolute Gasteiger partial charge is 0.312 e. The maximum Gasteiger partial charge on any atom is 0.0645 e. The fourth-order valence-corrected chi connectivity index (χ4v) is 2.80. The van der Waals surface area contributed by atoms with Crippen molar-refractivity contribution in [2.75, 3.05) is 6.54 Å². The molecule has 3 aromatic rings.